The van der Waals surface area contributed by atoms with Gasteiger partial charge < -0.3 is 5.73 Å². The molecule has 1 aliphatic heterocycles. The maximum absolute atomic E-state index is 11.9. The summed E-state index contributed by atoms with van der Waals surface area (Å²) in [6.45, 7) is 0.794. The molecule has 2 rings (SSSR count). The number of nitrogens with zero attached hydrogens (tertiary/aromatic N) is 1. The smallest absolute Gasteiger partial charge is 0.285 e. The van der Waals surface area contributed by atoms with E-state index in [1.54, 1.807) is 11.8 Å². The van der Waals surface area contributed by atoms with Crippen LogP contribution in [0.3, 0.4) is 0 Å². The van der Waals surface area contributed by atoms with Crippen LogP contribution >= 0.6 is 11.8 Å². The first-order valence-electron chi connectivity index (χ1n) is 6.20. The largest absolute Gasteiger partial charge is 0.363 e. The van der Waals surface area contributed by atoms with Crippen molar-refractivity contribution in [3.63, 3.8) is 0 Å². The van der Waals surface area contributed by atoms with E-state index < -0.39 is 17.6 Å². The highest BCUT2D eigenvalue weighted by Gasteiger charge is 2.26. The first-order valence-corrected chi connectivity index (χ1v) is 7.19. The van der Waals surface area contributed by atoms with Crippen LogP contribution in [0.25, 0.3) is 0 Å². The summed E-state index contributed by atoms with van der Waals surface area (Å²) in [5, 5.41) is 0.954. The fourth-order valence-corrected chi connectivity index (χ4v) is 2.99. The Kier molecular flexibility index (Phi) is 4.74. The van der Waals surface area contributed by atoms with Gasteiger partial charge in [-0.1, -0.05) is 30.3 Å². The molecule has 0 saturated carbocycles. The minimum absolute atomic E-state index is 0.399. The highest BCUT2D eigenvalue weighted by Crippen LogP contribution is 2.22. The molecule has 0 aliphatic carbocycles. The summed E-state index contributed by atoms with van der Waals surface area (Å²) in [6, 6.07) is 9.66. The standard InChI is InChI=1S/C14H16N2O2S/c15-14(18)13(17)11(9-12-16-6-7-19-12)8-10-4-2-1-3-5-10/h1-5,11H,6-9H2,(H2,15,18). The molecule has 0 bridgehead atoms. The lowest BCUT2D eigenvalue weighted by atomic mass is 9.92. The molecule has 0 radical (unpaired) electrons. The van der Waals surface area contributed by atoms with Gasteiger partial charge in [-0.2, -0.15) is 0 Å². The van der Waals surface area contributed by atoms with Gasteiger partial charge in [0.05, 0.1) is 5.04 Å². The van der Waals surface area contributed by atoms with Crippen LogP contribution in [0.1, 0.15) is 12.0 Å². The normalized spacial score (nSPS) is 15.9. The number of hydrogen-bond donors (Lipinski definition) is 1. The second kappa shape index (κ2) is 6.52. The van der Waals surface area contributed by atoms with Crippen LogP contribution in [0.15, 0.2) is 35.3 Å². The van der Waals surface area contributed by atoms with Crippen molar-refractivity contribution in [2.75, 3.05) is 12.3 Å². The number of thioether (sulfide) groups is 1. The zero-order valence-corrected chi connectivity index (χ0v) is 11.4. The lowest BCUT2D eigenvalue weighted by molar-refractivity contribution is -0.138. The Balaban J connectivity index is 2.09. The molecule has 2 N–H and O–H groups in total. The zero-order valence-electron chi connectivity index (χ0n) is 10.5. The molecule has 4 nitrogen and oxygen atoms in total. The van der Waals surface area contributed by atoms with E-state index in [9.17, 15) is 9.59 Å². The van der Waals surface area contributed by atoms with Crippen molar-refractivity contribution in [2.45, 2.75) is 12.8 Å². The van der Waals surface area contributed by atoms with Gasteiger partial charge in [0.25, 0.3) is 5.91 Å². The first-order chi connectivity index (χ1) is 9.16. The van der Waals surface area contributed by atoms with E-state index in [-0.39, 0.29) is 0 Å². The third-order valence-corrected chi connectivity index (χ3v) is 4.02. The van der Waals surface area contributed by atoms with E-state index in [1.165, 1.54) is 0 Å². The number of carbonyl (C=O) groups excluding carboxylic acids is 2. The van der Waals surface area contributed by atoms with Crippen molar-refractivity contribution in [1.29, 1.82) is 0 Å². The average molecular weight is 276 g/mol. The lowest BCUT2D eigenvalue weighted by Crippen LogP contribution is -2.32. The molecule has 1 aromatic rings. The predicted molar refractivity (Wildman–Crippen MR) is 77.2 cm³/mol. The van der Waals surface area contributed by atoms with Gasteiger partial charge in [-0.25, -0.2) is 0 Å². The Bertz CT molecular complexity index is 499. The second-order valence-electron chi connectivity index (χ2n) is 4.44. The van der Waals surface area contributed by atoms with Gasteiger partial charge in [0, 0.05) is 24.6 Å². The maximum Gasteiger partial charge on any atom is 0.285 e. The van der Waals surface area contributed by atoms with Crippen LogP contribution in [-0.4, -0.2) is 29.0 Å². The Morgan fingerprint density at radius 2 is 2.00 bits per heavy atom. The van der Waals surface area contributed by atoms with Crippen LogP contribution in [0.4, 0.5) is 0 Å². The molecule has 1 unspecified atom stereocenters. The van der Waals surface area contributed by atoms with Crippen molar-refractivity contribution in [3.8, 4) is 0 Å². The van der Waals surface area contributed by atoms with Crippen LogP contribution in [0.2, 0.25) is 0 Å². The Labute approximate surface area is 116 Å². The van der Waals surface area contributed by atoms with E-state index >= 15 is 0 Å². The van der Waals surface area contributed by atoms with Gasteiger partial charge in [0.1, 0.15) is 0 Å². The predicted octanol–water partition coefficient (Wildman–Crippen LogP) is 1.44. The molecule has 100 valence electrons. The van der Waals surface area contributed by atoms with Crippen molar-refractivity contribution in [3.05, 3.63) is 35.9 Å². The lowest BCUT2D eigenvalue weighted by Gasteiger charge is -2.13. The number of aliphatic imine (C=N–C) groups is 1. The number of rotatable bonds is 6. The Morgan fingerprint density at radius 1 is 1.26 bits per heavy atom. The molecule has 0 fully saturated rings. The molecule has 19 heavy (non-hydrogen) atoms. The summed E-state index contributed by atoms with van der Waals surface area (Å²) in [4.78, 5) is 27.4. The summed E-state index contributed by atoms with van der Waals surface area (Å²) in [5.74, 6) is -0.800. The summed E-state index contributed by atoms with van der Waals surface area (Å²) >= 11 is 1.66. The molecule has 1 atom stereocenters. The fourth-order valence-electron chi connectivity index (χ4n) is 2.07. The van der Waals surface area contributed by atoms with Gasteiger partial charge >= 0.3 is 0 Å². The number of amides is 1. The molecule has 0 saturated heterocycles. The number of primary amides is 1. The number of benzene rings is 1. The fraction of sp³-hybridized carbons (Fsp3) is 0.357. The highest BCUT2D eigenvalue weighted by molar-refractivity contribution is 8.14. The first kappa shape index (κ1) is 13.8. The molecule has 0 spiro atoms. The van der Waals surface area contributed by atoms with Gasteiger partial charge in [-0.3, -0.25) is 14.6 Å². The quantitative estimate of drug-likeness (QED) is 0.799. The molecule has 1 aliphatic rings. The number of hydrogen-bond acceptors (Lipinski definition) is 4. The molecule has 1 heterocycles. The monoisotopic (exact) mass is 276 g/mol. The average Bonchev–Trinajstić information content (AvgIpc) is 2.91. The van der Waals surface area contributed by atoms with Gasteiger partial charge in [-0.15, -0.1) is 11.8 Å². The molecule has 0 aromatic heterocycles. The molecule has 1 amide bonds. The third-order valence-electron chi connectivity index (χ3n) is 3.01. The van der Waals surface area contributed by atoms with Crippen molar-refractivity contribution in [2.24, 2.45) is 16.6 Å². The van der Waals surface area contributed by atoms with E-state index in [0.717, 1.165) is 22.9 Å². The minimum Gasteiger partial charge on any atom is -0.363 e. The maximum atomic E-state index is 11.9. The second-order valence-corrected chi connectivity index (χ2v) is 5.61. The number of Topliss-reactive ketones (excluding diaryl/α,β-unsaturated/α-hetero) is 1. The van der Waals surface area contributed by atoms with Gasteiger partial charge in [0.15, 0.2) is 0 Å². The van der Waals surface area contributed by atoms with Crippen LogP contribution in [-0.2, 0) is 16.0 Å². The molecule has 5 heteroatoms. The van der Waals surface area contributed by atoms with E-state index in [0.29, 0.717) is 12.8 Å². The Hall–Kier alpha value is -1.62. The summed E-state index contributed by atoms with van der Waals surface area (Å²) in [7, 11) is 0. The number of ketones is 1. The van der Waals surface area contributed by atoms with Gasteiger partial charge in [0.2, 0.25) is 5.78 Å². The van der Waals surface area contributed by atoms with Crippen molar-refractivity contribution >= 4 is 28.5 Å². The van der Waals surface area contributed by atoms with E-state index in [4.69, 9.17) is 5.73 Å². The summed E-state index contributed by atoms with van der Waals surface area (Å²) in [6.07, 6.45) is 1.05. The van der Waals surface area contributed by atoms with E-state index in [2.05, 4.69) is 4.99 Å². The third kappa shape index (κ3) is 3.92. The molecular formula is C14H16N2O2S. The van der Waals surface area contributed by atoms with Gasteiger partial charge in [-0.05, 0) is 12.0 Å². The topological polar surface area (TPSA) is 72.5 Å². The van der Waals surface area contributed by atoms with E-state index in [1.807, 2.05) is 30.3 Å². The van der Waals surface area contributed by atoms with Crippen LogP contribution in [0, 0.1) is 5.92 Å². The zero-order chi connectivity index (χ0) is 13.7. The minimum atomic E-state index is -0.857. The van der Waals surface area contributed by atoms with Crippen LogP contribution in [0.5, 0.6) is 0 Å². The number of carbonyl (C=O) groups is 2. The molecular weight excluding hydrogens is 260 g/mol. The van der Waals surface area contributed by atoms with Crippen molar-refractivity contribution < 1.29 is 9.59 Å². The molecule has 1 aromatic carbocycles. The summed E-state index contributed by atoms with van der Waals surface area (Å²) in [5.41, 5.74) is 6.16. The number of nitrogens with two attached hydrogens (primary N) is 1. The summed E-state index contributed by atoms with van der Waals surface area (Å²) < 4.78 is 0. The Morgan fingerprint density at radius 3 is 2.58 bits per heavy atom. The SMILES string of the molecule is NC(=O)C(=O)C(CC1=NCCS1)Cc1ccccc1. The highest BCUT2D eigenvalue weighted by atomic mass is 32.2. The van der Waals surface area contributed by atoms with Crippen molar-refractivity contribution in [1.82, 2.24) is 0 Å². The van der Waals surface area contributed by atoms with Crippen LogP contribution < -0.4 is 5.73 Å².